The Kier molecular flexibility index (Phi) is 3.20. The first-order valence-electron chi connectivity index (χ1n) is 6.26. The number of fused-ring (bicyclic) bond motifs is 1. The van der Waals surface area contributed by atoms with Crippen LogP contribution < -0.4 is 5.73 Å². The first-order valence-corrected chi connectivity index (χ1v) is 7.13. The van der Waals surface area contributed by atoms with E-state index >= 15 is 0 Å². The van der Waals surface area contributed by atoms with Crippen LogP contribution in [0.1, 0.15) is 33.7 Å². The zero-order valence-electron chi connectivity index (χ0n) is 10.4. The summed E-state index contributed by atoms with van der Waals surface area (Å²) in [7, 11) is 0. The second-order valence-electron chi connectivity index (χ2n) is 4.76. The van der Waals surface area contributed by atoms with E-state index < -0.39 is 0 Å². The number of benzene rings is 1. The van der Waals surface area contributed by atoms with Crippen LogP contribution in [0.15, 0.2) is 35.7 Å². The number of rotatable bonds is 2. The average Bonchev–Trinajstić information content (AvgIpc) is 2.84. The maximum atomic E-state index is 6.38. The molecule has 1 aromatic carbocycles. The summed E-state index contributed by atoms with van der Waals surface area (Å²) < 4.78 is 5.91. The molecule has 3 rings (SSSR count). The van der Waals surface area contributed by atoms with Gasteiger partial charge in [-0.1, -0.05) is 24.3 Å². The fourth-order valence-corrected chi connectivity index (χ4v) is 3.29. The molecule has 1 aliphatic rings. The largest absolute Gasteiger partial charge is 0.371 e. The van der Waals surface area contributed by atoms with E-state index in [0.29, 0.717) is 0 Å². The first kappa shape index (κ1) is 11.9. The highest BCUT2D eigenvalue weighted by molar-refractivity contribution is 7.10. The van der Waals surface area contributed by atoms with Crippen LogP contribution in [-0.2, 0) is 11.2 Å². The Morgan fingerprint density at radius 1 is 1.39 bits per heavy atom. The van der Waals surface area contributed by atoms with Crippen molar-refractivity contribution >= 4 is 11.3 Å². The van der Waals surface area contributed by atoms with Gasteiger partial charge in [-0.15, -0.1) is 11.3 Å². The second-order valence-corrected chi connectivity index (χ2v) is 5.87. The third-order valence-corrected chi connectivity index (χ3v) is 4.37. The SMILES string of the molecule is Cc1cc(C(N)C2OCCc3ccccc32)cs1. The molecule has 3 heteroatoms. The van der Waals surface area contributed by atoms with Crippen molar-refractivity contribution in [1.29, 1.82) is 0 Å². The minimum atomic E-state index is -0.0728. The normalized spacial score (nSPS) is 20.4. The van der Waals surface area contributed by atoms with Crippen molar-refractivity contribution in [2.45, 2.75) is 25.5 Å². The third-order valence-electron chi connectivity index (χ3n) is 3.49. The number of ether oxygens (including phenoxy) is 1. The van der Waals surface area contributed by atoms with Gasteiger partial charge >= 0.3 is 0 Å². The fourth-order valence-electron chi connectivity index (χ4n) is 2.54. The predicted octanol–water partition coefficient (Wildman–Crippen LogP) is 3.37. The fraction of sp³-hybridized carbons (Fsp3) is 0.333. The second kappa shape index (κ2) is 4.84. The van der Waals surface area contributed by atoms with Crippen LogP contribution in [-0.4, -0.2) is 6.61 Å². The lowest BCUT2D eigenvalue weighted by Gasteiger charge is -2.30. The number of aryl methyl sites for hydroxylation is 1. The molecule has 18 heavy (non-hydrogen) atoms. The van der Waals surface area contributed by atoms with Crippen molar-refractivity contribution in [2.75, 3.05) is 6.61 Å². The minimum Gasteiger partial charge on any atom is -0.371 e. The number of hydrogen-bond acceptors (Lipinski definition) is 3. The molecule has 1 aliphatic heterocycles. The lowest BCUT2D eigenvalue weighted by molar-refractivity contribution is 0.0242. The van der Waals surface area contributed by atoms with E-state index in [1.165, 1.54) is 21.6 Å². The molecule has 0 saturated carbocycles. The molecule has 0 radical (unpaired) electrons. The van der Waals surface area contributed by atoms with Crippen molar-refractivity contribution < 1.29 is 4.74 Å². The molecule has 2 unspecified atom stereocenters. The number of nitrogens with two attached hydrogens (primary N) is 1. The minimum absolute atomic E-state index is 0.0102. The quantitative estimate of drug-likeness (QED) is 0.897. The number of hydrogen-bond donors (Lipinski definition) is 1. The molecule has 1 aromatic heterocycles. The van der Waals surface area contributed by atoms with E-state index in [0.717, 1.165) is 13.0 Å². The van der Waals surface area contributed by atoms with Gasteiger partial charge in [0.25, 0.3) is 0 Å². The zero-order valence-corrected chi connectivity index (χ0v) is 11.2. The Morgan fingerprint density at radius 3 is 3.00 bits per heavy atom. The molecule has 0 fully saturated rings. The van der Waals surface area contributed by atoms with Crippen molar-refractivity contribution in [1.82, 2.24) is 0 Å². The summed E-state index contributed by atoms with van der Waals surface area (Å²) in [5.41, 5.74) is 10.2. The van der Waals surface area contributed by atoms with Gasteiger partial charge in [-0.25, -0.2) is 0 Å². The van der Waals surface area contributed by atoms with Gasteiger partial charge in [-0.3, -0.25) is 0 Å². The highest BCUT2D eigenvalue weighted by Gasteiger charge is 2.27. The molecule has 2 atom stereocenters. The third kappa shape index (κ3) is 2.09. The smallest absolute Gasteiger partial charge is 0.102 e. The van der Waals surface area contributed by atoms with E-state index in [9.17, 15) is 0 Å². The maximum absolute atomic E-state index is 6.38. The van der Waals surface area contributed by atoms with E-state index in [2.05, 4.69) is 42.6 Å². The lowest BCUT2D eigenvalue weighted by Crippen LogP contribution is -2.26. The van der Waals surface area contributed by atoms with Crippen molar-refractivity contribution in [3.63, 3.8) is 0 Å². The van der Waals surface area contributed by atoms with E-state index in [1.54, 1.807) is 11.3 Å². The summed E-state index contributed by atoms with van der Waals surface area (Å²) in [5.74, 6) is 0. The van der Waals surface area contributed by atoms with Crippen LogP contribution in [0.3, 0.4) is 0 Å². The first-order chi connectivity index (χ1) is 8.75. The van der Waals surface area contributed by atoms with Crippen LogP contribution in [0.5, 0.6) is 0 Å². The van der Waals surface area contributed by atoms with Gasteiger partial charge in [-0.05, 0) is 41.5 Å². The van der Waals surface area contributed by atoms with Crippen LogP contribution in [0.2, 0.25) is 0 Å². The van der Waals surface area contributed by atoms with Gasteiger partial charge in [-0.2, -0.15) is 0 Å². The topological polar surface area (TPSA) is 35.2 Å². The van der Waals surface area contributed by atoms with E-state index in [-0.39, 0.29) is 12.1 Å². The number of thiophene rings is 1. The van der Waals surface area contributed by atoms with Gasteiger partial charge in [0.2, 0.25) is 0 Å². The molecular formula is C15H17NOS. The van der Waals surface area contributed by atoms with Gasteiger partial charge in [0.05, 0.1) is 12.6 Å². The molecule has 2 nitrogen and oxygen atoms in total. The highest BCUT2D eigenvalue weighted by atomic mass is 32.1. The monoisotopic (exact) mass is 259 g/mol. The highest BCUT2D eigenvalue weighted by Crippen LogP contribution is 2.36. The molecule has 2 aromatic rings. The van der Waals surface area contributed by atoms with E-state index in [4.69, 9.17) is 10.5 Å². The van der Waals surface area contributed by atoms with Gasteiger partial charge in [0.15, 0.2) is 0 Å². The van der Waals surface area contributed by atoms with Crippen molar-refractivity contribution in [3.8, 4) is 0 Å². The van der Waals surface area contributed by atoms with Crippen LogP contribution in [0, 0.1) is 6.92 Å². The van der Waals surface area contributed by atoms with Crippen molar-refractivity contribution in [2.24, 2.45) is 5.73 Å². The van der Waals surface area contributed by atoms with Gasteiger partial charge in [0, 0.05) is 4.88 Å². The van der Waals surface area contributed by atoms with Crippen LogP contribution in [0.25, 0.3) is 0 Å². The van der Waals surface area contributed by atoms with Crippen LogP contribution >= 0.6 is 11.3 Å². The standard InChI is InChI=1S/C15H17NOS/c1-10-8-12(9-18-10)14(16)15-13-5-3-2-4-11(13)6-7-17-15/h2-5,8-9,14-15H,6-7,16H2,1H3. The molecule has 0 aliphatic carbocycles. The molecule has 0 saturated heterocycles. The molecule has 0 spiro atoms. The van der Waals surface area contributed by atoms with E-state index in [1.807, 2.05) is 0 Å². The molecule has 0 amide bonds. The summed E-state index contributed by atoms with van der Waals surface area (Å²) in [4.78, 5) is 1.30. The molecule has 0 bridgehead atoms. The Morgan fingerprint density at radius 2 is 2.22 bits per heavy atom. The average molecular weight is 259 g/mol. The Balaban J connectivity index is 1.94. The summed E-state index contributed by atoms with van der Waals surface area (Å²) in [6.07, 6.45) is 0.978. The lowest BCUT2D eigenvalue weighted by atomic mass is 9.91. The summed E-state index contributed by atoms with van der Waals surface area (Å²) in [6, 6.07) is 10.6. The van der Waals surface area contributed by atoms with Gasteiger partial charge in [0.1, 0.15) is 6.10 Å². The molecule has 94 valence electrons. The van der Waals surface area contributed by atoms with Crippen LogP contribution in [0.4, 0.5) is 0 Å². The maximum Gasteiger partial charge on any atom is 0.102 e. The summed E-state index contributed by atoms with van der Waals surface area (Å²) in [6.45, 7) is 2.87. The van der Waals surface area contributed by atoms with Crippen molar-refractivity contribution in [3.05, 3.63) is 57.3 Å². The molecular weight excluding hydrogens is 242 g/mol. The molecule has 2 N–H and O–H groups in total. The summed E-state index contributed by atoms with van der Waals surface area (Å²) >= 11 is 1.74. The molecule has 2 heterocycles. The summed E-state index contributed by atoms with van der Waals surface area (Å²) in [5, 5.41) is 2.14. The predicted molar refractivity (Wildman–Crippen MR) is 74.8 cm³/mol. The Labute approximate surface area is 111 Å². The Bertz CT molecular complexity index is 549. The zero-order chi connectivity index (χ0) is 12.5. The Hall–Kier alpha value is -1.16. The van der Waals surface area contributed by atoms with Gasteiger partial charge < -0.3 is 10.5 Å².